The number of aryl methyl sites for hydroxylation is 1. The Kier molecular flexibility index (Phi) is 6.78. The van der Waals surface area contributed by atoms with Crippen molar-refractivity contribution < 1.29 is 0 Å². The van der Waals surface area contributed by atoms with Crippen molar-refractivity contribution in [1.82, 2.24) is 25.4 Å². The molecule has 0 aliphatic rings. The number of para-hydroxylation sites is 1. The van der Waals surface area contributed by atoms with Crippen LogP contribution in [-0.4, -0.2) is 33.8 Å². The van der Waals surface area contributed by atoms with Gasteiger partial charge in [0.15, 0.2) is 11.8 Å². The highest BCUT2D eigenvalue weighted by molar-refractivity contribution is 5.79. The van der Waals surface area contributed by atoms with E-state index in [1.54, 1.807) is 6.33 Å². The Morgan fingerprint density at radius 2 is 1.82 bits per heavy atom. The number of rotatable bonds is 7. The quantitative estimate of drug-likeness (QED) is 0.490. The lowest BCUT2D eigenvalue weighted by Gasteiger charge is -2.16. The van der Waals surface area contributed by atoms with Gasteiger partial charge in [-0.25, -0.2) is 4.99 Å². The first kappa shape index (κ1) is 19.6. The van der Waals surface area contributed by atoms with Crippen molar-refractivity contribution in [1.29, 1.82) is 0 Å². The van der Waals surface area contributed by atoms with Crippen LogP contribution >= 0.6 is 0 Å². The second kappa shape index (κ2) is 9.69. The maximum Gasteiger partial charge on any atom is 0.191 e. The molecule has 0 aliphatic heterocycles. The van der Waals surface area contributed by atoms with Crippen LogP contribution in [0.5, 0.6) is 0 Å². The Labute approximate surface area is 166 Å². The summed E-state index contributed by atoms with van der Waals surface area (Å²) in [6.45, 7) is 8.44. The van der Waals surface area contributed by atoms with E-state index in [-0.39, 0.29) is 0 Å². The van der Waals surface area contributed by atoms with Crippen LogP contribution in [0.4, 0.5) is 0 Å². The fraction of sp³-hybridized carbons (Fsp3) is 0.318. The van der Waals surface area contributed by atoms with Gasteiger partial charge < -0.3 is 10.6 Å². The van der Waals surface area contributed by atoms with E-state index >= 15 is 0 Å². The highest BCUT2D eigenvalue weighted by atomic mass is 15.3. The van der Waals surface area contributed by atoms with Gasteiger partial charge in [0.25, 0.3) is 0 Å². The molecule has 0 saturated heterocycles. The summed E-state index contributed by atoms with van der Waals surface area (Å²) < 4.78 is 1.96. The first-order valence-corrected chi connectivity index (χ1v) is 9.70. The fourth-order valence-corrected chi connectivity index (χ4v) is 2.93. The molecule has 0 aliphatic carbocycles. The van der Waals surface area contributed by atoms with Gasteiger partial charge >= 0.3 is 0 Å². The van der Waals surface area contributed by atoms with Crippen LogP contribution in [0.2, 0.25) is 0 Å². The standard InChI is InChI=1S/C22H28N6/c1-4-23-22(24-14-18(3)19-12-10-17(2)11-13-19)25-15-21-27-26-16-28(21)20-8-6-5-7-9-20/h5-13,16,18H,4,14-15H2,1-3H3,(H2,23,24,25). The maximum absolute atomic E-state index is 4.69. The van der Waals surface area contributed by atoms with Gasteiger partial charge in [0.1, 0.15) is 12.9 Å². The first-order valence-electron chi connectivity index (χ1n) is 9.70. The van der Waals surface area contributed by atoms with E-state index in [4.69, 9.17) is 4.99 Å². The Balaban J connectivity index is 1.65. The topological polar surface area (TPSA) is 67.1 Å². The molecule has 2 N–H and O–H groups in total. The molecule has 3 aromatic rings. The Morgan fingerprint density at radius 3 is 2.54 bits per heavy atom. The van der Waals surface area contributed by atoms with Gasteiger partial charge in [0.2, 0.25) is 0 Å². The number of aromatic nitrogens is 3. The maximum atomic E-state index is 4.69. The van der Waals surface area contributed by atoms with Gasteiger partial charge in [-0.3, -0.25) is 4.57 Å². The summed E-state index contributed by atoms with van der Waals surface area (Å²) in [4.78, 5) is 4.69. The smallest absolute Gasteiger partial charge is 0.191 e. The Morgan fingerprint density at radius 1 is 1.07 bits per heavy atom. The van der Waals surface area contributed by atoms with Gasteiger partial charge in [-0.2, -0.15) is 0 Å². The first-order chi connectivity index (χ1) is 13.7. The third kappa shape index (κ3) is 5.19. The average Bonchev–Trinajstić information content (AvgIpc) is 3.19. The summed E-state index contributed by atoms with van der Waals surface area (Å²) in [6, 6.07) is 18.7. The Hall–Kier alpha value is -3.15. The van der Waals surface area contributed by atoms with Gasteiger partial charge in [-0.1, -0.05) is 55.0 Å². The van der Waals surface area contributed by atoms with Crippen molar-refractivity contribution in [3.05, 3.63) is 77.9 Å². The zero-order valence-electron chi connectivity index (χ0n) is 16.8. The highest BCUT2D eigenvalue weighted by Crippen LogP contribution is 2.15. The van der Waals surface area contributed by atoms with Gasteiger partial charge in [0.05, 0.1) is 0 Å². The summed E-state index contributed by atoms with van der Waals surface area (Å²) in [5.74, 6) is 1.97. The predicted octanol–water partition coefficient (Wildman–Crippen LogP) is 3.43. The van der Waals surface area contributed by atoms with E-state index in [0.29, 0.717) is 12.5 Å². The number of guanidine groups is 1. The predicted molar refractivity (Wildman–Crippen MR) is 114 cm³/mol. The van der Waals surface area contributed by atoms with E-state index < -0.39 is 0 Å². The van der Waals surface area contributed by atoms with Crippen molar-refractivity contribution in [2.45, 2.75) is 33.2 Å². The van der Waals surface area contributed by atoms with Crippen molar-refractivity contribution >= 4 is 5.96 Å². The molecule has 6 heteroatoms. The van der Waals surface area contributed by atoms with Gasteiger partial charge in [-0.15, -0.1) is 10.2 Å². The summed E-state index contributed by atoms with van der Waals surface area (Å²) in [6.07, 6.45) is 1.72. The van der Waals surface area contributed by atoms with Crippen LogP contribution in [0.1, 0.15) is 36.7 Å². The molecule has 0 fully saturated rings. The zero-order chi connectivity index (χ0) is 19.8. The van der Waals surface area contributed by atoms with E-state index in [9.17, 15) is 0 Å². The zero-order valence-corrected chi connectivity index (χ0v) is 16.8. The monoisotopic (exact) mass is 376 g/mol. The van der Waals surface area contributed by atoms with E-state index in [1.807, 2.05) is 34.9 Å². The largest absolute Gasteiger partial charge is 0.357 e. The minimum atomic E-state index is 0.387. The van der Waals surface area contributed by atoms with Gasteiger partial charge in [-0.05, 0) is 37.5 Å². The molecule has 3 rings (SSSR count). The molecule has 28 heavy (non-hydrogen) atoms. The lowest BCUT2D eigenvalue weighted by Crippen LogP contribution is -2.39. The molecule has 1 unspecified atom stereocenters. The fourth-order valence-electron chi connectivity index (χ4n) is 2.93. The van der Waals surface area contributed by atoms with Crippen molar-refractivity contribution in [2.75, 3.05) is 13.1 Å². The molecule has 0 amide bonds. The van der Waals surface area contributed by atoms with Crippen LogP contribution < -0.4 is 10.6 Å². The molecular weight excluding hydrogens is 348 g/mol. The highest BCUT2D eigenvalue weighted by Gasteiger charge is 2.08. The summed E-state index contributed by atoms with van der Waals surface area (Å²) in [7, 11) is 0. The number of aliphatic imine (C=N–C) groups is 1. The molecule has 1 heterocycles. The van der Waals surface area contributed by atoms with Crippen molar-refractivity contribution in [3.63, 3.8) is 0 Å². The summed E-state index contributed by atoms with van der Waals surface area (Å²) in [5.41, 5.74) is 3.63. The molecule has 2 aromatic carbocycles. The minimum absolute atomic E-state index is 0.387. The van der Waals surface area contributed by atoms with Crippen molar-refractivity contribution in [3.8, 4) is 5.69 Å². The molecular formula is C22H28N6. The van der Waals surface area contributed by atoms with E-state index in [1.165, 1.54) is 11.1 Å². The second-order valence-electron chi connectivity index (χ2n) is 6.84. The van der Waals surface area contributed by atoms with Crippen LogP contribution in [0.15, 0.2) is 65.9 Å². The molecule has 6 nitrogen and oxygen atoms in total. The summed E-state index contributed by atoms with van der Waals surface area (Å²) in [5, 5.41) is 15.0. The normalized spacial score (nSPS) is 12.6. The second-order valence-corrected chi connectivity index (χ2v) is 6.84. The van der Waals surface area contributed by atoms with E-state index in [0.717, 1.165) is 30.6 Å². The molecule has 0 spiro atoms. The Bertz CT molecular complexity index is 883. The van der Waals surface area contributed by atoms with Crippen LogP contribution in [-0.2, 0) is 6.54 Å². The molecule has 146 valence electrons. The van der Waals surface area contributed by atoms with E-state index in [2.05, 4.69) is 65.9 Å². The van der Waals surface area contributed by atoms with Crippen LogP contribution in [0.3, 0.4) is 0 Å². The molecule has 0 radical (unpaired) electrons. The van der Waals surface area contributed by atoms with Gasteiger partial charge in [0, 0.05) is 18.8 Å². The lowest BCUT2D eigenvalue weighted by atomic mass is 10.0. The van der Waals surface area contributed by atoms with Crippen LogP contribution in [0, 0.1) is 6.92 Å². The third-order valence-corrected chi connectivity index (χ3v) is 4.60. The number of hydrogen-bond donors (Lipinski definition) is 2. The molecule has 0 saturated carbocycles. The summed E-state index contributed by atoms with van der Waals surface area (Å²) >= 11 is 0. The van der Waals surface area contributed by atoms with Crippen LogP contribution in [0.25, 0.3) is 5.69 Å². The lowest BCUT2D eigenvalue weighted by molar-refractivity contribution is 0.697. The number of nitrogens with zero attached hydrogens (tertiary/aromatic N) is 4. The third-order valence-electron chi connectivity index (χ3n) is 4.60. The SMILES string of the molecule is CCNC(=NCc1nncn1-c1ccccc1)NCC(C)c1ccc(C)cc1. The molecule has 1 aromatic heterocycles. The number of benzene rings is 2. The molecule has 0 bridgehead atoms. The minimum Gasteiger partial charge on any atom is -0.357 e. The molecule has 1 atom stereocenters. The average molecular weight is 377 g/mol. The van der Waals surface area contributed by atoms with Crippen molar-refractivity contribution in [2.24, 2.45) is 4.99 Å². The number of nitrogens with one attached hydrogen (secondary N) is 2. The number of hydrogen-bond acceptors (Lipinski definition) is 3.